The maximum absolute atomic E-state index is 13.6. The summed E-state index contributed by atoms with van der Waals surface area (Å²) in [6.45, 7) is 1.88. The molecule has 0 bridgehead atoms. The van der Waals surface area contributed by atoms with Crippen LogP contribution in [0.15, 0.2) is 53.5 Å². The smallest absolute Gasteiger partial charge is 0.368 e. The van der Waals surface area contributed by atoms with Crippen molar-refractivity contribution in [2.24, 2.45) is 10.7 Å². The van der Waals surface area contributed by atoms with Crippen LogP contribution >= 0.6 is 0 Å². The van der Waals surface area contributed by atoms with Crippen LogP contribution in [0.4, 0.5) is 13.2 Å². The number of carbonyl (C=O) groups is 2. The number of halogens is 3. The van der Waals surface area contributed by atoms with E-state index >= 15 is 0 Å². The number of carbonyl (C=O) groups excluding carboxylic acids is 2. The summed E-state index contributed by atoms with van der Waals surface area (Å²) in [6.07, 6.45) is -0.698. The van der Waals surface area contributed by atoms with Gasteiger partial charge < -0.3 is 5.73 Å². The van der Waals surface area contributed by atoms with Crippen LogP contribution in [-0.2, 0) is 15.8 Å². The average Bonchev–Trinajstić information content (AvgIpc) is 3.00. The summed E-state index contributed by atoms with van der Waals surface area (Å²) in [5.74, 6) is -1.16. The largest absolute Gasteiger partial charge is 0.416 e. The first kappa shape index (κ1) is 22.0. The highest BCUT2D eigenvalue weighted by molar-refractivity contribution is 6.47. The Balaban J connectivity index is 1.79. The van der Waals surface area contributed by atoms with Gasteiger partial charge >= 0.3 is 6.18 Å². The van der Waals surface area contributed by atoms with E-state index in [1.54, 1.807) is 12.1 Å². The average molecular weight is 443 g/mol. The molecule has 1 aliphatic carbocycles. The summed E-state index contributed by atoms with van der Waals surface area (Å²) < 4.78 is 38.9. The molecular weight excluding hydrogens is 419 g/mol. The van der Waals surface area contributed by atoms with Crippen molar-refractivity contribution < 1.29 is 22.8 Å². The minimum Gasteiger partial charge on any atom is -0.368 e. The molecule has 0 saturated heterocycles. The van der Waals surface area contributed by atoms with Crippen molar-refractivity contribution in [3.63, 3.8) is 0 Å². The normalized spacial score (nSPS) is 19.2. The number of rotatable bonds is 4. The number of nitrogens with two attached hydrogens (primary N) is 1. The minimum absolute atomic E-state index is 0.0690. The SMILES string of the molecule is Cc1cccc(C(C(N)=O)N2C(=O)C(c3ccc(C(F)(F)F)cc3)=NC23CCCCC3)c1. The molecule has 5 nitrogen and oxygen atoms in total. The predicted molar refractivity (Wildman–Crippen MR) is 114 cm³/mol. The Morgan fingerprint density at radius 1 is 1.09 bits per heavy atom. The number of hydrogen-bond donors (Lipinski definition) is 1. The highest BCUT2D eigenvalue weighted by Gasteiger charge is 2.52. The number of alkyl halides is 3. The third-order valence-corrected chi connectivity index (χ3v) is 6.22. The maximum atomic E-state index is 13.6. The summed E-state index contributed by atoms with van der Waals surface area (Å²) in [4.78, 5) is 32.5. The molecule has 1 aliphatic heterocycles. The summed E-state index contributed by atoms with van der Waals surface area (Å²) in [5.41, 5.74) is 5.94. The van der Waals surface area contributed by atoms with Crippen LogP contribution in [0.3, 0.4) is 0 Å². The van der Waals surface area contributed by atoms with Crippen molar-refractivity contribution in [1.82, 2.24) is 4.90 Å². The van der Waals surface area contributed by atoms with Crippen LogP contribution in [0.2, 0.25) is 0 Å². The molecule has 0 radical (unpaired) electrons. The van der Waals surface area contributed by atoms with Crippen molar-refractivity contribution in [1.29, 1.82) is 0 Å². The number of amides is 2. The van der Waals surface area contributed by atoms with E-state index in [1.165, 1.54) is 17.0 Å². The van der Waals surface area contributed by atoms with E-state index in [1.807, 2.05) is 19.1 Å². The summed E-state index contributed by atoms with van der Waals surface area (Å²) in [7, 11) is 0. The minimum atomic E-state index is -4.47. The first-order valence-electron chi connectivity index (χ1n) is 10.6. The maximum Gasteiger partial charge on any atom is 0.416 e. The molecule has 1 heterocycles. The number of aryl methyl sites for hydroxylation is 1. The molecule has 1 unspecified atom stereocenters. The number of nitrogens with zero attached hydrogens (tertiary/aromatic N) is 2. The van der Waals surface area contributed by atoms with Crippen LogP contribution in [0.5, 0.6) is 0 Å². The number of hydrogen-bond acceptors (Lipinski definition) is 3. The van der Waals surface area contributed by atoms with E-state index in [4.69, 9.17) is 10.7 Å². The van der Waals surface area contributed by atoms with Gasteiger partial charge in [0.05, 0.1) is 5.56 Å². The van der Waals surface area contributed by atoms with Crippen LogP contribution in [-0.4, -0.2) is 28.1 Å². The molecule has 0 aromatic heterocycles. The predicted octanol–water partition coefficient (Wildman–Crippen LogP) is 4.53. The van der Waals surface area contributed by atoms with Crippen LogP contribution < -0.4 is 5.73 Å². The Hall–Kier alpha value is -3.16. The van der Waals surface area contributed by atoms with Crippen molar-refractivity contribution >= 4 is 17.5 Å². The Bertz CT molecular complexity index is 1070. The first-order chi connectivity index (χ1) is 15.1. The second kappa shape index (κ2) is 8.07. The molecule has 1 saturated carbocycles. The van der Waals surface area contributed by atoms with Crippen molar-refractivity contribution in [3.8, 4) is 0 Å². The summed E-state index contributed by atoms with van der Waals surface area (Å²) in [5, 5.41) is 0. The molecule has 168 valence electrons. The topological polar surface area (TPSA) is 75.8 Å². The number of aliphatic imine (C=N–C) groups is 1. The fourth-order valence-corrected chi connectivity index (χ4v) is 4.73. The quantitative estimate of drug-likeness (QED) is 0.754. The second-order valence-corrected chi connectivity index (χ2v) is 8.47. The fraction of sp³-hybridized carbons (Fsp3) is 0.375. The van der Waals surface area contributed by atoms with Crippen molar-refractivity contribution in [3.05, 3.63) is 70.8 Å². The number of primary amides is 1. The first-order valence-corrected chi connectivity index (χ1v) is 10.6. The third-order valence-electron chi connectivity index (χ3n) is 6.22. The molecule has 2 aliphatic rings. The standard InChI is InChI=1S/C24H24F3N3O2/c1-15-6-5-7-17(14-15)20(21(28)31)30-22(32)19(29-23(30)12-3-2-4-13-23)16-8-10-18(11-9-16)24(25,26)27/h5-11,14,20H,2-4,12-13H2,1H3,(H2,28,31). The molecule has 2 N–H and O–H groups in total. The highest BCUT2D eigenvalue weighted by atomic mass is 19.4. The fourth-order valence-electron chi connectivity index (χ4n) is 4.73. The van der Waals surface area contributed by atoms with E-state index in [0.717, 1.165) is 37.0 Å². The molecular formula is C24H24F3N3O2. The van der Waals surface area contributed by atoms with Gasteiger partial charge in [-0.3, -0.25) is 19.5 Å². The van der Waals surface area contributed by atoms with Gasteiger partial charge in [-0.15, -0.1) is 0 Å². The molecule has 2 aromatic carbocycles. The molecule has 2 aromatic rings. The zero-order chi connectivity index (χ0) is 23.1. The third kappa shape index (κ3) is 3.89. The lowest BCUT2D eigenvalue weighted by atomic mass is 9.86. The van der Waals surface area contributed by atoms with Gasteiger partial charge in [0.15, 0.2) is 0 Å². The monoisotopic (exact) mass is 443 g/mol. The van der Waals surface area contributed by atoms with Crippen molar-refractivity contribution in [2.45, 2.75) is 56.9 Å². The van der Waals surface area contributed by atoms with Crippen LogP contribution in [0.1, 0.15) is 60.4 Å². The summed E-state index contributed by atoms with van der Waals surface area (Å²) >= 11 is 0. The van der Waals surface area contributed by atoms with Crippen molar-refractivity contribution in [2.75, 3.05) is 0 Å². The van der Waals surface area contributed by atoms with E-state index in [2.05, 4.69) is 0 Å². The van der Waals surface area contributed by atoms with E-state index in [-0.39, 0.29) is 5.71 Å². The van der Waals surface area contributed by atoms with E-state index in [9.17, 15) is 22.8 Å². The lowest BCUT2D eigenvalue weighted by molar-refractivity contribution is -0.141. The molecule has 2 amide bonds. The van der Waals surface area contributed by atoms with Gasteiger partial charge in [-0.25, -0.2) is 0 Å². The summed E-state index contributed by atoms with van der Waals surface area (Å²) in [6, 6.07) is 10.6. The second-order valence-electron chi connectivity index (χ2n) is 8.47. The van der Waals surface area contributed by atoms with E-state index < -0.39 is 35.3 Å². The van der Waals surface area contributed by atoms with Crippen LogP contribution in [0.25, 0.3) is 0 Å². The Kier molecular flexibility index (Phi) is 5.56. The molecule has 32 heavy (non-hydrogen) atoms. The van der Waals surface area contributed by atoms with E-state index in [0.29, 0.717) is 24.0 Å². The van der Waals surface area contributed by atoms with Gasteiger partial charge in [-0.1, -0.05) is 48.4 Å². The molecule has 1 atom stereocenters. The number of benzene rings is 2. The zero-order valence-electron chi connectivity index (χ0n) is 17.7. The van der Waals surface area contributed by atoms with Gasteiger partial charge in [0.1, 0.15) is 17.4 Å². The zero-order valence-corrected chi connectivity index (χ0v) is 17.7. The Labute approximate surface area is 184 Å². The molecule has 8 heteroatoms. The highest BCUT2D eigenvalue weighted by Crippen LogP contribution is 2.44. The molecule has 1 spiro atoms. The lowest BCUT2D eigenvalue weighted by Gasteiger charge is -2.42. The molecule has 1 fully saturated rings. The lowest BCUT2D eigenvalue weighted by Crippen LogP contribution is -2.53. The molecule has 4 rings (SSSR count). The Morgan fingerprint density at radius 3 is 2.31 bits per heavy atom. The van der Waals surface area contributed by atoms with Gasteiger partial charge in [0.2, 0.25) is 5.91 Å². The van der Waals surface area contributed by atoms with Crippen LogP contribution in [0, 0.1) is 6.92 Å². The van der Waals surface area contributed by atoms with Gasteiger partial charge in [-0.05, 0) is 50.3 Å². The Morgan fingerprint density at radius 2 is 1.75 bits per heavy atom. The van der Waals surface area contributed by atoms with Gasteiger partial charge in [0.25, 0.3) is 5.91 Å². The van der Waals surface area contributed by atoms with Gasteiger partial charge in [-0.2, -0.15) is 13.2 Å². The van der Waals surface area contributed by atoms with Gasteiger partial charge in [0, 0.05) is 5.56 Å².